The summed E-state index contributed by atoms with van der Waals surface area (Å²) in [4.78, 5) is 8.98. The number of aromatic nitrogens is 1. The summed E-state index contributed by atoms with van der Waals surface area (Å²) in [7, 11) is 3.29. The molecular weight excluding hydrogens is 507 g/mol. The van der Waals surface area contributed by atoms with Crippen molar-refractivity contribution in [2.24, 2.45) is 4.99 Å². The van der Waals surface area contributed by atoms with E-state index in [-0.39, 0.29) is 34.8 Å². The molecular formula is C23H37IN4O3. The van der Waals surface area contributed by atoms with Crippen LogP contribution >= 0.6 is 24.0 Å². The van der Waals surface area contributed by atoms with Crippen LogP contribution in [-0.4, -0.2) is 38.3 Å². The number of guanidine groups is 1. The summed E-state index contributed by atoms with van der Waals surface area (Å²) in [6.45, 7) is 14.5. The second-order valence-corrected chi connectivity index (χ2v) is 8.87. The molecule has 0 saturated heterocycles. The Morgan fingerprint density at radius 2 is 1.74 bits per heavy atom. The van der Waals surface area contributed by atoms with Crippen LogP contribution in [-0.2, 0) is 17.4 Å². The molecule has 0 spiro atoms. The summed E-state index contributed by atoms with van der Waals surface area (Å²) in [5.41, 5.74) is 0.921. The van der Waals surface area contributed by atoms with E-state index in [1.165, 1.54) is 0 Å². The fourth-order valence-corrected chi connectivity index (χ4v) is 2.88. The van der Waals surface area contributed by atoms with Crippen LogP contribution in [0.15, 0.2) is 33.8 Å². The van der Waals surface area contributed by atoms with Gasteiger partial charge in [-0.05, 0) is 24.6 Å². The Morgan fingerprint density at radius 3 is 2.29 bits per heavy atom. The van der Waals surface area contributed by atoms with E-state index in [0.29, 0.717) is 19.0 Å². The smallest absolute Gasteiger partial charge is 0.216 e. The summed E-state index contributed by atoms with van der Waals surface area (Å²) in [5.74, 6) is 3.64. The predicted molar refractivity (Wildman–Crippen MR) is 136 cm³/mol. The van der Waals surface area contributed by atoms with E-state index in [2.05, 4.69) is 61.3 Å². The maximum absolute atomic E-state index is 5.84. The number of benzene rings is 1. The molecule has 0 aliphatic carbocycles. The number of rotatable bonds is 8. The van der Waals surface area contributed by atoms with Crippen molar-refractivity contribution in [2.75, 3.05) is 27.3 Å². The normalized spacial score (nSPS) is 12.2. The summed E-state index contributed by atoms with van der Waals surface area (Å²) >= 11 is 0. The minimum Gasteiger partial charge on any atom is -0.493 e. The lowest BCUT2D eigenvalue weighted by Gasteiger charge is -2.27. The van der Waals surface area contributed by atoms with E-state index in [0.717, 1.165) is 35.3 Å². The van der Waals surface area contributed by atoms with Gasteiger partial charge in [0.25, 0.3) is 0 Å². The number of hydrogen-bond acceptors (Lipinski definition) is 5. The van der Waals surface area contributed by atoms with Crippen molar-refractivity contribution in [2.45, 2.75) is 58.9 Å². The predicted octanol–water partition coefficient (Wildman–Crippen LogP) is 4.64. The van der Waals surface area contributed by atoms with Crippen LogP contribution in [0.5, 0.6) is 11.5 Å². The van der Waals surface area contributed by atoms with Gasteiger partial charge in [-0.25, -0.2) is 9.98 Å². The van der Waals surface area contributed by atoms with Gasteiger partial charge in [-0.2, -0.15) is 0 Å². The fraction of sp³-hybridized carbons (Fsp3) is 0.565. The first-order chi connectivity index (χ1) is 14.1. The maximum atomic E-state index is 5.84. The number of halogens is 1. The molecule has 1 aromatic heterocycles. The van der Waals surface area contributed by atoms with Gasteiger partial charge in [0.2, 0.25) is 5.89 Å². The lowest BCUT2D eigenvalue weighted by molar-refractivity contribution is 0.353. The van der Waals surface area contributed by atoms with Gasteiger partial charge in [0, 0.05) is 23.9 Å². The topological polar surface area (TPSA) is 80.9 Å². The zero-order valence-corrected chi connectivity index (χ0v) is 22.3. The van der Waals surface area contributed by atoms with Crippen LogP contribution in [0.2, 0.25) is 0 Å². The summed E-state index contributed by atoms with van der Waals surface area (Å²) in [6, 6.07) is 6.02. The van der Waals surface area contributed by atoms with E-state index >= 15 is 0 Å². The maximum Gasteiger partial charge on any atom is 0.216 e. The number of oxazole rings is 1. The molecule has 1 aromatic carbocycles. The molecule has 0 aliphatic heterocycles. The Bertz CT molecular complexity index is 857. The number of ether oxygens (including phenoxy) is 2. The zero-order chi connectivity index (χ0) is 22.4. The van der Waals surface area contributed by atoms with E-state index in [4.69, 9.17) is 13.9 Å². The summed E-state index contributed by atoms with van der Waals surface area (Å²) in [5, 5.41) is 6.71. The average Bonchev–Trinajstić information content (AvgIpc) is 3.19. The minimum absolute atomic E-state index is 0. The molecule has 7 nitrogen and oxygen atoms in total. The standard InChI is InChI=1S/C23H36N4O3.HI/c1-9-24-21(26-14-20-25-13-19(30-20)22(2,3)4)27-15-23(5,6)16-10-11-17(28-7)18(12-16)29-8;/h10-13H,9,14-15H2,1-8H3,(H2,24,26,27);1H. The SMILES string of the molecule is CCNC(=NCc1ncc(C(C)(C)C)o1)NCC(C)(C)c1ccc(OC)c(OC)c1.I. The first-order valence-corrected chi connectivity index (χ1v) is 10.3. The summed E-state index contributed by atoms with van der Waals surface area (Å²) < 4.78 is 16.6. The van der Waals surface area contributed by atoms with Gasteiger partial charge in [-0.1, -0.05) is 40.7 Å². The molecule has 2 N–H and O–H groups in total. The lowest BCUT2D eigenvalue weighted by Crippen LogP contribution is -2.43. The van der Waals surface area contributed by atoms with Crippen LogP contribution in [0.1, 0.15) is 58.8 Å². The second-order valence-electron chi connectivity index (χ2n) is 8.87. The molecule has 1 heterocycles. The Hall–Kier alpha value is -1.97. The van der Waals surface area contributed by atoms with Crippen LogP contribution < -0.4 is 20.1 Å². The highest BCUT2D eigenvalue weighted by Crippen LogP contribution is 2.32. The van der Waals surface area contributed by atoms with Crippen molar-refractivity contribution in [3.8, 4) is 11.5 Å². The first-order valence-electron chi connectivity index (χ1n) is 10.3. The lowest BCUT2D eigenvalue weighted by atomic mass is 9.84. The van der Waals surface area contributed by atoms with Crippen LogP contribution in [0.25, 0.3) is 0 Å². The number of hydrogen-bond donors (Lipinski definition) is 2. The van der Waals surface area contributed by atoms with Gasteiger partial charge < -0.3 is 24.5 Å². The van der Waals surface area contributed by atoms with Crippen molar-refractivity contribution >= 4 is 29.9 Å². The van der Waals surface area contributed by atoms with Crippen molar-refractivity contribution in [3.05, 3.63) is 41.6 Å². The zero-order valence-electron chi connectivity index (χ0n) is 20.0. The number of nitrogens with one attached hydrogen (secondary N) is 2. The molecule has 2 rings (SSSR count). The molecule has 0 radical (unpaired) electrons. The minimum atomic E-state index is -0.155. The van der Waals surface area contributed by atoms with E-state index in [9.17, 15) is 0 Å². The molecule has 174 valence electrons. The highest BCUT2D eigenvalue weighted by molar-refractivity contribution is 14.0. The van der Waals surface area contributed by atoms with Gasteiger partial charge in [-0.3, -0.25) is 0 Å². The molecule has 0 fully saturated rings. The Kier molecular flexibility index (Phi) is 10.1. The van der Waals surface area contributed by atoms with Crippen molar-refractivity contribution < 1.29 is 13.9 Å². The quantitative estimate of drug-likeness (QED) is 0.287. The van der Waals surface area contributed by atoms with Gasteiger partial charge in [0.05, 0.1) is 20.4 Å². The highest BCUT2D eigenvalue weighted by atomic mass is 127. The molecule has 31 heavy (non-hydrogen) atoms. The van der Waals surface area contributed by atoms with E-state index in [1.807, 2.05) is 19.1 Å². The summed E-state index contributed by atoms with van der Waals surface area (Å²) in [6.07, 6.45) is 1.78. The molecule has 0 saturated carbocycles. The molecule has 2 aromatic rings. The second kappa shape index (κ2) is 11.6. The van der Waals surface area contributed by atoms with Crippen molar-refractivity contribution in [3.63, 3.8) is 0 Å². The van der Waals surface area contributed by atoms with Crippen molar-refractivity contribution in [1.29, 1.82) is 0 Å². The number of aliphatic imine (C=N–C) groups is 1. The Balaban J connectivity index is 0.00000480. The van der Waals surface area contributed by atoms with Crippen molar-refractivity contribution in [1.82, 2.24) is 15.6 Å². The Morgan fingerprint density at radius 1 is 1.06 bits per heavy atom. The van der Waals surface area contributed by atoms with Gasteiger partial charge >= 0.3 is 0 Å². The molecule has 0 aliphatic rings. The van der Waals surface area contributed by atoms with Crippen LogP contribution in [0.3, 0.4) is 0 Å². The average molecular weight is 544 g/mol. The number of nitrogens with zero attached hydrogens (tertiary/aromatic N) is 2. The molecule has 0 amide bonds. The van der Waals surface area contributed by atoms with Crippen LogP contribution in [0.4, 0.5) is 0 Å². The largest absolute Gasteiger partial charge is 0.493 e. The van der Waals surface area contributed by atoms with E-state index < -0.39 is 0 Å². The number of methoxy groups -OCH3 is 2. The Labute approximate surface area is 203 Å². The monoisotopic (exact) mass is 544 g/mol. The third-order valence-electron chi connectivity index (χ3n) is 4.87. The van der Waals surface area contributed by atoms with Gasteiger partial charge in [0.15, 0.2) is 17.5 Å². The molecule has 0 atom stereocenters. The third kappa shape index (κ3) is 7.59. The molecule has 0 bridgehead atoms. The third-order valence-corrected chi connectivity index (χ3v) is 4.87. The van der Waals surface area contributed by atoms with E-state index in [1.54, 1.807) is 20.4 Å². The highest BCUT2D eigenvalue weighted by Gasteiger charge is 2.23. The molecule has 8 heteroatoms. The first kappa shape index (κ1) is 27.1. The fourth-order valence-electron chi connectivity index (χ4n) is 2.88. The van der Waals surface area contributed by atoms with Crippen LogP contribution in [0, 0.1) is 0 Å². The molecule has 0 unspecified atom stereocenters. The van der Waals surface area contributed by atoms with Gasteiger partial charge in [0.1, 0.15) is 12.3 Å². The van der Waals surface area contributed by atoms with Gasteiger partial charge in [-0.15, -0.1) is 24.0 Å².